The third-order valence-electron chi connectivity index (χ3n) is 2.31. The molecule has 0 aliphatic rings. The molecule has 2 N–H and O–H groups in total. The second-order valence-electron chi connectivity index (χ2n) is 3.71. The lowest BCUT2D eigenvalue weighted by Crippen LogP contribution is -2.42. The van der Waals surface area contributed by atoms with Crippen LogP contribution in [0.4, 0.5) is 0 Å². The lowest BCUT2D eigenvalue weighted by atomic mass is 10.2. The van der Waals surface area contributed by atoms with Gasteiger partial charge in [-0.3, -0.25) is 4.79 Å². The van der Waals surface area contributed by atoms with Crippen molar-refractivity contribution in [1.82, 2.24) is 4.41 Å². The van der Waals surface area contributed by atoms with Crippen molar-refractivity contribution in [2.75, 3.05) is 0 Å². The molecule has 1 rings (SSSR count). The molecule has 0 fully saturated rings. The molecule has 5 nitrogen and oxygen atoms in total. The number of hydrazine groups is 1. The first-order chi connectivity index (χ1) is 8.39. The molecule has 0 saturated carbocycles. The van der Waals surface area contributed by atoms with Crippen LogP contribution in [-0.4, -0.2) is 18.7 Å². The Morgan fingerprint density at radius 3 is 2.44 bits per heavy atom. The first kappa shape index (κ1) is 14.2. The molecule has 0 saturated heterocycles. The normalized spacial score (nSPS) is 10.7. The van der Waals surface area contributed by atoms with E-state index < -0.39 is 15.9 Å². The van der Waals surface area contributed by atoms with Crippen molar-refractivity contribution in [1.29, 1.82) is 0 Å². The van der Waals surface area contributed by atoms with Gasteiger partial charge in [-0.1, -0.05) is 17.7 Å². The van der Waals surface area contributed by atoms with Crippen molar-refractivity contribution in [2.24, 2.45) is 5.84 Å². The van der Waals surface area contributed by atoms with Crippen LogP contribution in [0.1, 0.15) is 18.4 Å². The molecule has 0 radical (unpaired) electrons. The fourth-order valence-corrected chi connectivity index (χ4v) is 2.31. The molecule has 1 aromatic rings. The lowest BCUT2D eigenvalue weighted by molar-refractivity contribution is -0.126. The maximum Gasteiger partial charge on any atom is 0.280 e. The Bertz CT molecular complexity index is 570. The van der Waals surface area contributed by atoms with Crippen LogP contribution < -0.4 is 5.84 Å². The number of rotatable bonds is 4. The fourth-order valence-electron chi connectivity index (χ4n) is 1.25. The van der Waals surface area contributed by atoms with Gasteiger partial charge in [-0.2, -0.15) is 12.8 Å². The minimum Gasteiger partial charge on any atom is -0.272 e. The van der Waals surface area contributed by atoms with E-state index >= 15 is 0 Å². The van der Waals surface area contributed by atoms with Gasteiger partial charge in [-0.15, -0.1) is 12.3 Å². The Balaban J connectivity index is 2.97. The molecule has 0 bridgehead atoms. The highest BCUT2D eigenvalue weighted by Crippen LogP contribution is 2.14. The van der Waals surface area contributed by atoms with Crippen molar-refractivity contribution in [3.8, 4) is 12.3 Å². The van der Waals surface area contributed by atoms with Gasteiger partial charge < -0.3 is 0 Å². The topological polar surface area (TPSA) is 80.5 Å². The summed E-state index contributed by atoms with van der Waals surface area (Å²) in [5, 5.41) is 0. The zero-order valence-electron chi connectivity index (χ0n) is 9.96. The van der Waals surface area contributed by atoms with Gasteiger partial charge in [0.1, 0.15) is 0 Å². The van der Waals surface area contributed by atoms with Crippen molar-refractivity contribution >= 4 is 15.9 Å². The number of hydrogen-bond donors (Lipinski definition) is 1. The Labute approximate surface area is 107 Å². The number of terminal acetylenes is 1. The van der Waals surface area contributed by atoms with Crippen molar-refractivity contribution in [2.45, 2.75) is 24.7 Å². The molecule has 96 valence electrons. The number of nitrogens with zero attached hydrogens (tertiary/aromatic N) is 1. The number of carbonyl (C=O) groups is 1. The Morgan fingerprint density at radius 2 is 1.94 bits per heavy atom. The molecular weight excluding hydrogens is 252 g/mol. The maximum atomic E-state index is 12.0. The van der Waals surface area contributed by atoms with Gasteiger partial charge in [-0.05, 0) is 19.1 Å². The molecule has 0 unspecified atom stereocenters. The summed E-state index contributed by atoms with van der Waals surface area (Å²) in [5.74, 6) is 6.86. The predicted octanol–water partition coefficient (Wildman–Crippen LogP) is 0.799. The van der Waals surface area contributed by atoms with Crippen LogP contribution in [0.5, 0.6) is 0 Å². The van der Waals surface area contributed by atoms with E-state index in [2.05, 4.69) is 5.92 Å². The van der Waals surface area contributed by atoms with E-state index in [9.17, 15) is 13.2 Å². The number of benzene rings is 1. The second kappa shape index (κ2) is 5.67. The van der Waals surface area contributed by atoms with Gasteiger partial charge in [-0.25, -0.2) is 5.84 Å². The van der Waals surface area contributed by atoms with Crippen LogP contribution in [-0.2, 0) is 14.8 Å². The van der Waals surface area contributed by atoms with E-state index in [4.69, 9.17) is 12.3 Å². The fraction of sp³-hybridized carbons (Fsp3) is 0.250. The van der Waals surface area contributed by atoms with E-state index in [1.165, 1.54) is 12.1 Å². The Kier molecular flexibility index (Phi) is 4.48. The summed E-state index contributed by atoms with van der Waals surface area (Å²) >= 11 is 0. The number of sulfonamides is 1. The third-order valence-corrected chi connectivity index (χ3v) is 3.90. The molecule has 0 aromatic heterocycles. The molecule has 1 amide bonds. The highest BCUT2D eigenvalue weighted by atomic mass is 32.2. The van der Waals surface area contributed by atoms with Gasteiger partial charge in [0.05, 0.1) is 4.90 Å². The summed E-state index contributed by atoms with van der Waals surface area (Å²) in [7, 11) is -3.99. The van der Waals surface area contributed by atoms with Crippen LogP contribution in [0.25, 0.3) is 0 Å². The number of hydrogen-bond acceptors (Lipinski definition) is 4. The van der Waals surface area contributed by atoms with E-state index in [1.54, 1.807) is 12.1 Å². The summed E-state index contributed by atoms with van der Waals surface area (Å²) < 4.78 is 24.2. The summed E-state index contributed by atoms with van der Waals surface area (Å²) in [4.78, 5) is 11.5. The first-order valence-electron chi connectivity index (χ1n) is 5.22. The molecule has 0 heterocycles. The van der Waals surface area contributed by atoms with Crippen molar-refractivity contribution < 1.29 is 13.2 Å². The molecule has 0 spiro atoms. The zero-order valence-corrected chi connectivity index (χ0v) is 10.8. The van der Waals surface area contributed by atoms with Crippen LogP contribution in [0, 0.1) is 19.3 Å². The number of aryl methyl sites for hydroxylation is 1. The standard InChI is InChI=1S/C12H14N2O3S/c1-3-4-5-12(15)14(13)18(16,17)11-8-6-10(2)7-9-11/h1,6-9H,4-5,13H2,2H3. The van der Waals surface area contributed by atoms with Crippen LogP contribution in [0.15, 0.2) is 29.2 Å². The summed E-state index contributed by atoms with van der Waals surface area (Å²) in [6.07, 6.45) is 5.05. The Morgan fingerprint density at radius 1 is 1.39 bits per heavy atom. The Hall–Kier alpha value is -1.84. The molecule has 18 heavy (non-hydrogen) atoms. The van der Waals surface area contributed by atoms with Gasteiger partial charge in [0, 0.05) is 12.8 Å². The van der Waals surface area contributed by atoms with E-state index in [-0.39, 0.29) is 22.2 Å². The number of amides is 1. The average molecular weight is 266 g/mol. The molecular formula is C12H14N2O3S. The maximum absolute atomic E-state index is 12.0. The van der Waals surface area contributed by atoms with Crippen LogP contribution >= 0.6 is 0 Å². The van der Waals surface area contributed by atoms with Crippen LogP contribution in [0.3, 0.4) is 0 Å². The highest BCUT2D eigenvalue weighted by molar-refractivity contribution is 7.89. The van der Waals surface area contributed by atoms with Gasteiger partial charge in [0.2, 0.25) is 0 Å². The highest BCUT2D eigenvalue weighted by Gasteiger charge is 2.25. The largest absolute Gasteiger partial charge is 0.280 e. The third kappa shape index (κ3) is 3.09. The monoisotopic (exact) mass is 266 g/mol. The van der Waals surface area contributed by atoms with Crippen molar-refractivity contribution in [3.63, 3.8) is 0 Å². The molecule has 0 atom stereocenters. The molecule has 0 aliphatic heterocycles. The van der Waals surface area contributed by atoms with E-state index in [1.807, 2.05) is 6.92 Å². The molecule has 1 aromatic carbocycles. The minimum absolute atomic E-state index is 0.0235. The van der Waals surface area contributed by atoms with Gasteiger partial charge in [0.25, 0.3) is 15.9 Å². The zero-order chi connectivity index (χ0) is 13.8. The van der Waals surface area contributed by atoms with E-state index in [0.29, 0.717) is 0 Å². The molecule has 6 heteroatoms. The minimum atomic E-state index is -3.99. The first-order valence-corrected chi connectivity index (χ1v) is 6.66. The summed E-state index contributed by atoms with van der Waals surface area (Å²) in [6.45, 7) is 1.83. The predicted molar refractivity (Wildman–Crippen MR) is 67.5 cm³/mol. The van der Waals surface area contributed by atoms with Crippen LogP contribution in [0.2, 0.25) is 0 Å². The average Bonchev–Trinajstić information content (AvgIpc) is 2.35. The molecule has 0 aliphatic carbocycles. The summed E-state index contributed by atoms with van der Waals surface area (Å²) in [6, 6.07) is 6.07. The van der Waals surface area contributed by atoms with E-state index in [0.717, 1.165) is 5.56 Å². The van der Waals surface area contributed by atoms with Gasteiger partial charge in [0.15, 0.2) is 0 Å². The SMILES string of the molecule is C#CCCC(=O)N(N)S(=O)(=O)c1ccc(C)cc1. The number of carbonyl (C=O) groups excluding carboxylic acids is 1. The smallest absolute Gasteiger partial charge is 0.272 e. The van der Waals surface area contributed by atoms with Crippen molar-refractivity contribution in [3.05, 3.63) is 29.8 Å². The van der Waals surface area contributed by atoms with Gasteiger partial charge >= 0.3 is 0 Å². The number of nitrogens with two attached hydrogens (primary N) is 1. The quantitative estimate of drug-likeness (QED) is 0.378. The summed E-state index contributed by atoms with van der Waals surface area (Å²) in [5.41, 5.74) is 0.913. The lowest BCUT2D eigenvalue weighted by Gasteiger charge is -2.16. The second-order valence-corrected chi connectivity index (χ2v) is 5.53.